The van der Waals surface area contributed by atoms with Gasteiger partial charge in [0.05, 0.1) is 19.1 Å². The van der Waals surface area contributed by atoms with Gasteiger partial charge in [0.2, 0.25) is 5.91 Å². The van der Waals surface area contributed by atoms with Crippen LogP contribution in [0.5, 0.6) is 0 Å². The fraction of sp³-hybridized carbons (Fsp3) is 0.316. The highest BCUT2D eigenvalue weighted by molar-refractivity contribution is 5.85. The van der Waals surface area contributed by atoms with E-state index in [4.69, 9.17) is 10.5 Å². The van der Waals surface area contributed by atoms with E-state index >= 15 is 0 Å². The standard InChI is InChI=1S/C19H22N2O2.ClH/c20-16-7-5-14(6-8-16)9-11-21-19(22)13-18-17-4-2-1-3-15(17)10-12-23-18;/h1-8,18H,9-13,20H2,(H,21,22);1H. The number of amides is 1. The number of hydrogen-bond donors (Lipinski definition) is 2. The van der Waals surface area contributed by atoms with Crippen LogP contribution in [-0.4, -0.2) is 19.1 Å². The molecule has 1 heterocycles. The molecule has 1 aliphatic heterocycles. The molecule has 5 heteroatoms. The maximum atomic E-state index is 12.2. The Morgan fingerprint density at radius 2 is 1.92 bits per heavy atom. The van der Waals surface area contributed by atoms with Crippen molar-refractivity contribution in [2.75, 3.05) is 18.9 Å². The molecule has 1 amide bonds. The lowest BCUT2D eigenvalue weighted by molar-refractivity contribution is -0.124. The third-order valence-electron chi connectivity index (χ3n) is 4.18. The molecule has 0 saturated carbocycles. The lowest BCUT2D eigenvalue weighted by Crippen LogP contribution is -2.29. The summed E-state index contributed by atoms with van der Waals surface area (Å²) in [4.78, 5) is 12.2. The molecule has 0 radical (unpaired) electrons. The summed E-state index contributed by atoms with van der Waals surface area (Å²) in [5.74, 6) is 0.0298. The quantitative estimate of drug-likeness (QED) is 0.818. The van der Waals surface area contributed by atoms with Gasteiger partial charge in [-0.25, -0.2) is 0 Å². The molecule has 3 N–H and O–H groups in total. The molecule has 2 aromatic rings. The summed E-state index contributed by atoms with van der Waals surface area (Å²) >= 11 is 0. The predicted octanol–water partition coefficient (Wildman–Crippen LogP) is 3.05. The number of nitrogens with one attached hydrogen (secondary N) is 1. The molecule has 0 bridgehead atoms. The second-order valence-electron chi connectivity index (χ2n) is 5.85. The fourth-order valence-corrected chi connectivity index (χ4v) is 2.92. The minimum Gasteiger partial charge on any atom is -0.399 e. The Kier molecular flexibility index (Phi) is 6.64. The zero-order valence-electron chi connectivity index (χ0n) is 13.5. The van der Waals surface area contributed by atoms with Gasteiger partial charge in [-0.05, 0) is 41.7 Å². The molecule has 3 rings (SSSR count). The number of hydrogen-bond acceptors (Lipinski definition) is 3. The average Bonchev–Trinajstić information content (AvgIpc) is 2.57. The number of carbonyl (C=O) groups is 1. The van der Waals surface area contributed by atoms with E-state index in [1.165, 1.54) is 11.1 Å². The zero-order chi connectivity index (χ0) is 16.1. The predicted molar refractivity (Wildman–Crippen MR) is 98.3 cm³/mol. The van der Waals surface area contributed by atoms with E-state index in [1.807, 2.05) is 36.4 Å². The topological polar surface area (TPSA) is 64.3 Å². The summed E-state index contributed by atoms with van der Waals surface area (Å²) in [5.41, 5.74) is 10.0. The van der Waals surface area contributed by atoms with E-state index in [0.29, 0.717) is 19.6 Å². The molecule has 4 nitrogen and oxygen atoms in total. The SMILES string of the molecule is Cl.Nc1ccc(CCNC(=O)CC2OCCc3ccccc32)cc1. The number of halogens is 1. The van der Waals surface area contributed by atoms with Gasteiger partial charge in [-0.15, -0.1) is 12.4 Å². The first kappa shape index (κ1) is 18.3. The third kappa shape index (κ3) is 4.73. The van der Waals surface area contributed by atoms with Crippen LogP contribution < -0.4 is 11.1 Å². The van der Waals surface area contributed by atoms with Gasteiger partial charge < -0.3 is 15.8 Å². The zero-order valence-corrected chi connectivity index (χ0v) is 14.4. The first-order chi connectivity index (χ1) is 11.2. The molecule has 24 heavy (non-hydrogen) atoms. The molecular formula is C19H23ClN2O2. The van der Waals surface area contributed by atoms with Crippen molar-refractivity contribution in [3.63, 3.8) is 0 Å². The normalized spacial score (nSPS) is 15.9. The average molecular weight is 347 g/mol. The van der Waals surface area contributed by atoms with Crippen LogP contribution in [0.3, 0.4) is 0 Å². The maximum Gasteiger partial charge on any atom is 0.222 e. The molecule has 1 aliphatic rings. The highest BCUT2D eigenvalue weighted by atomic mass is 35.5. The lowest BCUT2D eigenvalue weighted by atomic mass is 9.95. The number of nitrogen functional groups attached to an aromatic ring is 1. The van der Waals surface area contributed by atoms with Crippen LogP contribution in [0.25, 0.3) is 0 Å². The van der Waals surface area contributed by atoms with Gasteiger partial charge in [-0.3, -0.25) is 4.79 Å². The summed E-state index contributed by atoms with van der Waals surface area (Å²) in [7, 11) is 0. The molecule has 0 spiro atoms. The Morgan fingerprint density at radius 3 is 2.71 bits per heavy atom. The Bertz CT molecular complexity index is 673. The number of benzene rings is 2. The third-order valence-corrected chi connectivity index (χ3v) is 4.18. The van der Waals surface area contributed by atoms with Gasteiger partial charge in [0.15, 0.2) is 0 Å². The lowest BCUT2D eigenvalue weighted by Gasteiger charge is -2.25. The fourth-order valence-electron chi connectivity index (χ4n) is 2.92. The van der Waals surface area contributed by atoms with E-state index in [2.05, 4.69) is 17.4 Å². The Hall–Kier alpha value is -2.04. The minimum atomic E-state index is -0.128. The Morgan fingerprint density at radius 1 is 1.17 bits per heavy atom. The van der Waals surface area contributed by atoms with Gasteiger partial charge >= 0.3 is 0 Å². The number of anilines is 1. The van der Waals surface area contributed by atoms with Gasteiger partial charge in [0, 0.05) is 12.2 Å². The van der Waals surface area contributed by atoms with Gasteiger partial charge in [0.25, 0.3) is 0 Å². The smallest absolute Gasteiger partial charge is 0.222 e. The number of ether oxygens (including phenoxy) is 1. The van der Waals surface area contributed by atoms with Crippen molar-refractivity contribution in [2.24, 2.45) is 0 Å². The van der Waals surface area contributed by atoms with E-state index in [1.54, 1.807) is 0 Å². The molecule has 1 atom stereocenters. The van der Waals surface area contributed by atoms with Gasteiger partial charge in [0.1, 0.15) is 0 Å². The van der Waals surface area contributed by atoms with Crippen molar-refractivity contribution in [3.05, 3.63) is 65.2 Å². The molecule has 128 valence electrons. The number of fused-ring (bicyclic) bond motifs is 1. The number of rotatable bonds is 5. The summed E-state index contributed by atoms with van der Waals surface area (Å²) in [5, 5.41) is 2.97. The number of nitrogens with two attached hydrogens (primary N) is 1. The van der Waals surface area contributed by atoms with Crippen LogP contribution in [0, 0.1) is 0 Å². The molecule has 0 fully saturated rings. The summed E-state index contributed by atoms with van der Waals surface area (Å²) in [6.45, 7) is 1.30. The van der Waals surface area contributed by atoms with Crippen LogP contribution in [0.1, 0.15) is 29.2 Å². The highest BCUT2D eigenvalue weighted by Crippen LogP contribution is 2.29. The van der Waals surface area contributed by atoms with Gasteiger partial charge in [-0.2, -0.15) is 0 Å². The van der Waals surface area contributed by atoms with Gasteiger partial charge in [-0.1, -0.05) is 36.4 Å². The van der Waals surface area contributed by atoms with Crippen molar-refractivity contribution in [2.45, 2.75) is 25.4 Å². The van der Waals surface area contributed by atoms with Crippen LogP contribution in [0.2, 0.25) is 0 Å². The molecule has 0 saturated heterocycles. The largest absolute Gasteiger partial charge is 0.399 e. The van der Waals surface area contributed by atoms with E-state index in [0.717, 1.165) is 24.1 Å². The van der Waals surface area contributed by atoms with Crippen molar-refractivity contribution in [1.82, 2.24) is 5.32 Å². The van der Waals surface area contributed by atoms with E-state index in [9.17, 15) is 4.79 Å². The monoisotopic (exact) mass is 346 g/mol. The molecule has 0 aromatic heterocycles. The van der Waals surface area contributed by atoms with E-state index in [-0.39, 0.29) is 24.4 Å². The Labute approximate surface area is 148 Å². The van der Waals surface area contributed by atoms with Crippen LogP contribution in [0.15, 0.2) is 48.5 Å². The highest BCUT2D eigenvalue weighted by Gasteiger charge is 2.22. The van der Waals surface area contributed by atoms with Crippen molar-refractivity contribution in [1.29, 1.82) is 0 Å². The number of carbonyl (C=O) groups excluding carboxylic acids is 1. The first-order valence-corrected chi connectivity index (χ1v) is 8.03. The summed E-state index contributed by atoms with van der Waals surface area (Å²) < 4.78 is 5.78. The van der Waals surface area contributed by atoms with Crippen molar-refractivity contribution < 1.29 is 9.53 Å². The van der Waals surface area contributed by atoms with Crippen LogP contribution in [-0.2, 0) is 22.4 Å². The van der Waals surface area contributed by atoms with Crippen LogP contribution in [0.4, 0.5) is 5.69 Å². The summed E-state index contributed by atoms with van der Waals surface area (Å²) in [6.07, 6.45) is 1.97. The molecular weight excluding hydrogens is 324 g/mol. The molecule has 2 aromatic carbocycles. The van der Waals surface area contributed by atoms with Crippen molar-refractivity contribution in [3.8, 4) is 0 Å². The maximum absolute atomic E-state index is 12.2. The second-order valence-corrected chi connectivity index (χ2v) is 5.85. The van der Waals surface area contributed by atoms with Crippen LogP contribution >= 0.6 is 12.4 Å². The molecule has 0 aliphatic carbocycles. The minimum absolute atomic E-state index is 0. The first-order valence-electron chi connectivity index (χ1n) is 8.03. The second kappa shape index (κ2) is 8.71. The Balaban J connectivity index is 0.00000208. The van der Waals surface area contributed by atoms with Crippen molar-refractivity contribution >= 4 is 24.0 Å². The summed E-state index contributed by atoms with van der Waals surface area (Å²) in [6, 6.07) is 15.9. The molecule has 1 unspecified atom stereocenters. The van der Waals surface area contributed by atoms with E-state index < -0.39 is 0 Å².